The molecule has 1 N–H and O–H groups in total. The quantitative estimate of drug-likeness (QED) is 0.475. The predicted octanol–water partition coefficient (Wildman–Crippen LogP) is 7.28. The van der Waals surface area contributed by atoms with Gasteiger partial charge in [0.2, 0.25) is 0 Å². The van der Waals surface area contributed by atoms with Crippen molar-refractivity contribution in [3.05, 3.63) is 71.8 Å². The van der Waals surface area contributed by atoms with Crippen LogP contribution in [0.15, 0.2) is 70.7 Å². The van der Waals surface area contributed by atoms with E-state index in [1.165, 1.54) is 18.4 Å². The zero-order valence-corrected chi connectivity index (χ0v) is 19.6. The summed E-state index contributed by atoms with van der Waals surface area (Å²) in [4.78, 5) is 12.8. The second-order valence-electron chi connectivity index (χ2n) is 10.9. The number of rotatable bonds is 4. The summed E-state index contributed by atoms with van der Waals surface area (Å²) < 4.78 is 5.93. The van der Waals surface area contributed by atoms with Crippen LogP contribution >= 0.6 is 0 Å². The smallest absolute Gasteiger partial charge is 0.251 e. The molecule has 2 unspecified atom stereocenters. The molecular weight excluding hydrogens is 394 g/mol. The number of allylic oxidation sites excluding steroid dienone is 3. The van der Waals surface area contributed by atoms with Crippen LogP contribution in [0.5, 0.6) is 0 Å². The Bertz CT molecular complexity index is 1240. The maximum atomic E-state index is 12.8. The van der Waals surface area contributed by atoms with E-state index in [2.05, 4.69) is 51.2 Å². The number of furan rings is 1. The van der Waals surface area contributed by atoms with Crippen LogP contribution in [0.1, 0.15) is 57.3 Å². The number of para-hydroxylation sites is 1. The van der Waals surface area contributed by atoms with Crippen molar-refractivity contribution in [2.24, 2.45) is 22.7 Å². The molecule has 5 rings (SSSR count). The van der Waals surface area contributed by atoms with Crippen LogP contribution in [-0.2, 0) is 0 Å². The van der Waals surface area contributed by atoms with Crippen molar-refractivity contribution >= 4 is 27.8 Å². The lowest BCUT2D eigenvalue weighted by Crippen LogP contribution is -2.43. The van der Waals surface area contributed by atoms with Gasteiger partial charge in [-0.15, -0.1) is 0 Å². The van der Waals surface area contributed by atoms with Gasteiger partial charge in [0, 0.05) is 22.9 Å². The molecule has 3 aromatic rings. The Morgan fingerprint density at radius 1 is 0.969 bits per heavy atom. The fourth-order valence-electron chi connectivity index (χ4n) is 5.63. The average molecular weight is 428 g/mol. The van der Waals surface area contributed by atoms with E-state index >= 15 is 0 Å². The van der Waals surface area contributed by atoms with Crippen molar-refractivity contribution in [1.82, 2.24) is 5.32 Å². The van der Waals surface area contributed by atoms with Crippen molar-refractivity contribution < 1.29 is 9.21 Å². The van der Waals surface area contributed by atoms with Gasteiger partial charge in [-0.25, -0.2) is 0 Å². The number of fused-ring (bicyclic) bond motifs is 4. The molecule has 1 aromatic heterocycles. The van der Waals surface area contributed by atoms with Gasteiger partial charge in [-0.3, -0.25) is 4.79 Å². The minimum atomic E-state index is -0.0512. The summed E-state index contributed by atoms with van der Waals surface area (Å²) in [7, 11) is 0. The van der Waals surface area contributed by atoms with Crippen LogP contribution in [0.2, 0.25) is 0 Å². The number of hydrogen-bond acceptors (Lipinski definition) is 2. The maximum absolute atomic E-state index is 12.8. The third-order valence-electron chi connectivity index (χ3n) is 7.86. The molecule has 2 aliphatic rings. The van der Waals surface area contributed by atoms with Crippen molar-refractivity contribution in [3.63, 3.8) is 0 Å². The lowest BCUT2D eigenvalue weighted by Gasteiger charge is -2.51. The molecule has 1 amide bonds. The minimum absolute atomic E-state index is 0.0512. The Labute approximate surface area is 190 Å². The van der Waals surface area contributed by atoms with Gasteiger partial charge in [0.1, 0.15) is 11.2 Å². The van der Waals surface area contributed by atoms with Crippen molar-refractivity contribution in [2.75, 3.05) is 6.54 Å². The Morgan fingerprint density at radius 2 is 1.69 bits per heavy atom. The van der Waals surface area contributed by atoms with Crippen LogP contribution in [0.3, 0.4) is 0 Å². The summed E-state index contributed by atoms with van der Waals surface area (Å²) in [5, 5.41) is 5.22. The first-order valence-electron chi connectivity index (χ1n) is 11.8. The predicted molar refractivity (Wildman–Crippen MR) is 132 cm³/mol. The highest BCUT2D eigenvalue weighted by molar-refractivity contribution is 6.07. The SMILES string of the molecule is CC1(C)CCC(C)(C)C2C=C(CCNC(=O)c3ccc4c(c3)oc3ccccc34)C=CC21. The third-order valence-corrected chi connectivity index (χ3v) is 7.86. The van der Waals surface area contributed by atoms with E-state index in [9.17, 15) is 4.79 Å². The Hall–Kier alpha value is -2.81. The highest BCUT2D eigenvalue weighted by atomic mass is 16.3. The summed E-state index contributed by atoms with van der Waals surface area (Å²) >= 11 is 0. The van der Waals surface area contributed by atoms with Gasteiger partial charge in [-0.05, 0) is 66.2 Å². The zero-order valence-electron chi connectivity index (χ0n) is 19.6. The largest absolute Gasteiger partial charge is 0.456 e. The molecule has 166 valence electrons. The van der Waals surface area contributed by atoms with E-state index < -0.39 is 0 Å². The highest BCUT2D eigenvalue weighted by Crippen LogP contribution is 2.55. The molecule has 0 spiro atoms. The molecule has 0 radical (unpaired) electrons. The molecule has 1 fully saturated rings. The standard InChI is InChI=1S/C29H33NO2/c1-28(2)14-15-29(3,4)24-17-19(9-12-23(24)28)13-16-30-27(31)20-10-11-22-21-7-5-6-8-25(21)32-26(22)18-20/h5-12,17-18,23-24H,13-16H2,1-4H3,(H,30,31). The number of benzene rings is 2. The first-order chi connectivity index (χ1) is 15.2. The van der Waals surface area contributed by atoms with E-state index in [4.69, 9.17) is 4.42 Å². The fourth-order valence-corrected chi connectivity index (χ4v) is 5.63. The monoisotopic (exact) mass is 427 g/mol. The Balaban J connectivity index is 1.25. The maximum Gasteiger partial charge on any atom is 0.251 e. The average Bonchev–Trinajstić information content (AvgIpc) is 3.15. The zero-order chi connectivity index (χ0) is 22.5. The highest BCUT2D eigenvalue weighted by Gasteiger charge is 2.46. The summed E-state index contributed by atoms with van der Waals surface area (Å²) in [6.45, 7) is 10.3. The van der Waals surface area contributed by atoms with Crippen LogP contribution < -0.4 is 5.32 Å². The van der Waals surface area contributed by atoms with Crippen LogP contribution in [0.4, 0.5) is 0 Å². The number of hydrogen-bond donors (Lipinski definition) is 1. The van der Waals surface area contributed by atoms with E-state index in [0.29, 0.717) is 34.8 Å². The van der Waals surface area contributed by atoms with Gasteiger partial charge in [-0.2, -0.15) is 0 Å². The van der Waals surface area contributed by atoms with Crippen LogP contribution in [-0.4, -0.2) is 12.5 Å². The number of carbonyl (C=O) groups excluding carboxylic acids is 1. The fraction of sp³-hybridized carbons (Fsp3) is 0.414. The normalized spacial score (nSPS) is 23.7. The van der Waals surface area contributed by atoms with Gasteiger partial charge in [0.05, 0.1) is 0 Å². The molecule has 0 bridgehead atoms. The van der Waals surface area contributed by atoms with Crippen LogP contribution in [0, 0.1) is 22.7 Å². The molecule has 1 heterocycles. The molecular formula is C29H33NO2. The van der Waals surface area contributed by atoms with Gasteiger partial charge >= 0.3 is 0 Å². The molecule has 3 nitrogen and oxygen atoms in total. The topological polar surface area (TPSA) is 42.2 Å². The molecule has 0 saturated heterocycles. The summed E-state index contributed by atoms with van der Waals surface area (Å²) in [5.41, 5.74) is 4.25. The van der Waals surface area contributed by atoms with Gasteiger partial charge < -0.3 is 9.73 Å². The minimum Gasteiger partial charge on any atom is -0.456 e. The Morgan fingerprint density at radius 3 is 2.50 bits per heavy atom. The molecule has 0 aliphatic heterocycles. The van der Waals surface area contributed by atoms with E-state index in [1.807, 2.05) is 42.5 Å². The summed E-state index contributed by atoms with van der Waals surface area (Å²) in [5.74, 6) is 1.11. The summed E-state index contributed by atoms with van der Waals surface area (Å²) in [6, 6.07) is 13.7. The van der Waals surface area contributed by atoms with Crippen molar-refractivity contribution in [2.45, 2.75) is 47.0 Å². The second-order valence-corrected chi connectivity index (χ2v) is 10.9. The number of amides is 1. The molecule has 32 heavy (non-hydrogen) atoms. The van der Waals surface area contributed by atoms with Crippen molar-refractivity contribution in [1.29, 1.82) is 0 Å². The van der Waals surface area contributed by atoms with E-state index in [1.54, 1.807) is 0 Å². The number of carbonyl (C=O) groups is 1. The molecule has 1 saturated carbocycles. The third kappa shape index (κ3) is 3.68. The summed E-state index contributed by atoms with van der Waals surface area (Å²) in [6.07, 6.45) is 10.6. The molecule has 2 aromatic carbocycles. The van der Waals surface area contributed by atoms with Crippen LogP contribution in [0.25, 0.3) is 21.9 Å². The van der Waals surface area contributed by atoms with E-state index in [0.717, 1.165) is 28.4 Å². The first-order valence-corrected chi connectivity index (χ1v) is 11.8. The molecule has 2 aliphatic carbocycles. The lowest BCUT2D eigenvalue weighted by molar-refractivity contribution is 0.0326. The molecule has 3 heteroatoms. The van der Waals surface area contributed by atoms with Crippen molar-refractivity contribution in [3.8, 4) is 0 Å². The molecule has 2 atom stereocenters. The van der Waals surface area contributed by atoms with E-state index in [-0.39, 0.29) is 5.91 Å². The second kappa shape index (κ2) is 7.65. The lowest BCUT2D eigenvalue weighted by atomic mass is 9.53. The van der Waals surface area contributed by atoms with Gasteiger partial charge in [0.25, 0.3) is 5.91 Å². The Kier molecular flexibility index (Phi) is 5.03. The number of nitrogens with one attached hydrogen (secondary N) is 1. The van der Waals surface area contributed by atoms with Gasteiger partial charge in [0.15, 0.2) is 0 Å². The first kappa shape index (κ1) is 21.1. The van der Waals surface area contributed by atoms with Gasteiger partial charge in [-0.1, -0.05) is 69.7 Å².